The second-order valence-electron chi connectivity index (χ2n) is 8.89. The summed E-state index contributed by atoms with van der Waals surface area (Å²) in [6.45, 7) is 2.42. The number of alkyl halides is 3. The topological polar surface area (TPSA) is 208 Å². The Morgan fingerprint density at radius 3 is 1.98 bits per heavy atom. The van der Waals surface area contributed by atoms with E-state index in [2.05, 4.69) is 33.0 Å². The zero-order valence-electron chi connectivity index (χ0n) is 24.5. The largest absolute Gasteiger partial charge is 0.449 e. The highest BCUT2D eigenvalue weighted by Crippen LogP contribution is 2.25. The molecule has 0 bridgehead atoms. The number of aryl methyl sites for hydroxylation is 2. The number of Topliss-reactive ketones (excluding diaryl/α,β-unsaturated/α-hetero) is 2. The van der Waals surface area contributed by atoms with Gasteiger partial charge in [0.25, 0.3) is 0 Å². The lowest BCUT2D eigenvalue weighted by atomic mass is 10.1. The van der Waals surface area contributed by atoms with Gasteiger partial charge in [0.05, 0.1) is 29.5 Å². The van der Waals surface area contributed by atoms with Gasteiger partial charge in [-0.15, -0.1) is 0 Å². The van der Waals surface area contributed by atoms with Gasteiger partial charge in [-0.3, -0.25) is 25.5 Å². The molecular weight excluding hydrogens is 543 g/mol. The molecule has 1 aromatic heterocycles. The van der Waals surface area contributed by atoms with Crippen molar-refractivity contribution in [2.24, 2.45) is 29.8 Å². The summed E-state index contributed by atoms with van der Waals surface area (Å²) < 4.78 is 34.3. The van der Waals surface area contributed by atoms with Crippen LogP contribution >= 0.6 is 0 Å². The van der Waals surface area contributed by atoms with Crippen molar-refractivity contribution in [3.8, 4) is 12.1 Å². The van der Waals surface area contributed by atoms with Gasteiger partial charge >= 0.3 is 6.18 Å². The summed E-state index contributed by atoms with van der Waals surface area (Å²) in [6, 6.07) is 4.19. The molecule has 3 aliphatic carbocycles. The third kappa shape index (κ3) is 16.4. The SMILES string of the molecule is CC(=O)C(F)(F)F.CCO.CN/N=C1\CCCC1C#N.CNN.Cn1nc2c(c1N)CCC2.N#CC1CCCC1=O. The van der Waals surface area contributed by atoms with E-state index in [1.165, 1.54) is 17.7 Å². The number of halogens is 3. The van der Waals surface area contributed by atoms with E-state index in [9.17, 15) is 22.8 Å². The fourth-order valence-corrected chi connectivity index (χ4v) is 3.74. The van der Waals surface area contributed by atoms with Crippen molar-refractivity contribution < 1.29 is 27.9 Å². The number of aliphatic hydroxyl groups excluding tert-OH is 1. The van der Waals surface area contributed by atoms with Gasteiger partial charge in [0.15, 0.2) is 0 Å². The molecule has 41 heavy (non-hydrogen) atoms. The molecule has 2 unspecified atom stereocenters. The van der Waals surface area contributed by atoms with Gasteiger partial charge in [0.2, 0.25) is 5.78 Å². The number of aliphatic hydroxyl groups is 1. The maximum atomic E-state index is 10.8. The summed E-state index contributed by atoms with van der Waals surface area (Å²) in [5.41, 5.74) is 14.2. The summed E-state index contributed by atoms with van der Waals surface area (Å²) in [5.74, 6) is 3.63. The van der Waals surface area contributed by atoms with Crippen LogP contribution in [0.3, 0.4) is 0 Å². The van der Waals surface area contributed by atoms with E-state index in [1.54, 1.807) is 25.7 Å². The van der Waals surface area contributed by atoms with Crippen LogP contribution in [0.4, 0.5) is 19.0 Å². The summed E-state index contributed by atoms with van der Waals surface area (Å²) in [5, 5.41) is 32.7. The van der Waals surface area contributed by atoms with Gasteiger partial charge in [0, 0.05) is 39.6 Å². The number of hydrogen-bond donors (Lipinski definition) is 5. The second-order valence-corrected chi connectivity index (χ2v) is 8.89. The fraction of sp³-hybridized carbons (Fsp3) is 0.692. The van der Waals surface area contributed by atoms with E-state index >= 15 is 0 Å². The van der Waals surface area contributed by atoms with Crippen molar-refractivity contribution in [3.05, 3.63) is 11.3 Å². The fourth-order valence-electron chi connectivity index (χ4n) is 3.74. The Labute approximate surface area is 239 Å². The van der Waals surface area contributed by atoms with E-state index < -0.39 is 12.0 Å². The Bertz CT molecular complexity index is 1030. The molecule has 1 aromatic rings. The maximum Gasteiger partial charge on any atom is 0.449 e. The second kappa shape index (κ2) is 22.2. The lowest BCUT2D eigenvalue weighted by Gasteiger charge is -1.98. The Kier molecular flexibility index (Phi) is 21.4. The Hall–Kier alpha value is -3.53. The molecule has 0 aromatic carbocycles. The zero-order valence-corrected chi connectivity index (χ0v) is 24.5. The molecule has 2 saturated carbocycles. The number of nitriles is 2. The van der Waals surface area contributed by atoms with E-state index in [0.29, 0.717) is 13.3 Å². The molecule has 0 radical (unpaired) electrons. The number of nitrogens with two attached hydrogens (primary N) is 2. The summed E-state index contributed by atoms with van der Waals surface area (Å²) in [4.78, 5) is 19.9. The number of hydrazine groups is 1. The lowest BCUT2D eigenvalue weighted by Crippen LogP contribution is -2.18. The molecule has 0 aliphatic heterocycles. The molecule has 4 rings (SSSR count). The van der Waals surface area contributed by atoms with Crippen molar-refractivity contribution in [1.29, 1.82) is 10.5 Å². The molecular formula is C26H44F3N9O3. The molecule has 12 nitrogen and oxygen atoms in total. The predicted octanol–water partition coefficient (Wildman–Crippen LogP) is 2.47. The first-order valence-corrected chi connectivity index (χ1v) is 13.2. The normalized spacial score (nSPS) is 19.0. The van der Waals surface area contributed by atoms with Crippen molar-refractivity contribution >= 4 is 23.1 Å². The van der Waals surface area contributed by atoms with Crippen LogP contribution in [0, 0.1) is 34.5 Å². The van der Waals surface area contributed by atoms with Gasteiger partial charge in [-0.25, -0.2) is 0 Å². The smallest absolute Gasteiger partial charge is 0.397 e. The first kappa shape index (κ1) is 39.6. The molecule has 2 fully saturated rings. The molecule has 232 valence electrons. The predicted molar refractivity (Wildman–Crippen MR) is 150 cm³/mol. The van der Waals surface area contributed by atoms with E-state index in [-0.39, 0.29) is 24.2 Å². The molecule has 0 saturated heterocycles. The number of ketones is 2. The summed E-state index contributed by atoms with van der Waals surface area (Å²) >= 11 is 0. The highest BCUT2D eigenvalue weighted by atomic mass is 19.4. The minimum atomic E-state index is -4.64. The molecule has 15 heteroatoms. The van der Waals surface area contributed by atoms with Crippen molar-refractivity contribution in [2.75, 3.05) is 26.4 Å². The van der Waals surface area contributed by atoms with Gasteiger partial charge in [-0.2, -0.15) is 33.9 Å². The standard InChI is InChI=1S/2C7H11N3.C6H7NO.C3H3F3O.C2H6O.CH6N2/c1-10-7(8)5-3-2-4-6(5)9-10;1-9-10-7-4-2-3-6(7)5-8;7-4-5-2-1-3-6(5)8;1-2(7)3(4,5)6;1-2-3;1-3-2/h2-4,8H2,1H3;6,9H,2-4H2,1H3;5H,1-3H2;1H3;2*3H,2H2,1H3/b;10-7+;;;;. The number of hydrazone groups is 1. The van der Waals surface area contributed by atoms with Crippen molar-refractivity contribution in [3.63, 3.8) is 0 Å². The van der Waals surface area contributed by atoms with E-state index in [4.69, 9.17) is 21.4 Å². The number of carbonyl (C=O) groups is 2. The van der Waals surface area contributed by atoms with Crippen LogP contribution in [-0.2, 0) is 29.5 Å². The van der Waals surface area contributed by atoms with Crippen molar-refractivity contribution in [2.45, 2.75) is 77.8 Å². The Balaban J connectivity index is 0. The van der Waals surface area contributed by atoms with Gasteiger partial charge in [-0.05, 0) is 65.3 Å². The van der Waals surface area contributed by atoms with Crippen LogP contribution in [0.1, 0.15) is 70.1 Å². The number of nitrogen functional groups attached to an aromatic ring is 1. The quantitative estimate of drug-likeness (QED) is 0.239. The maximum absolute atomic E-state index is 10.8. The number of hydrogen-bond acceptors (Lipinski definition) is 11. The number of fused-ring (bicyclic) bond motifs is 1. The average Bonchev–Trinajstić information content (AvgIpc) is 3.69. The highest BCUT2D eigenvalue weighted by molar-refractivity contribution is 5.90. The van der Waals surface area contributed by atoms with Gasteiger partial charge in [0.1, 0.15) is 17.5 Å². The lowest BCUT2D eigenvalue weighted by molar-refractivity contribution is -0.168. The van der Waals surface area contributed by atoms with Crippen LogP contribution < -0.4 is 22.4 Å². The Morgan fingerprint density at radius 1 is 1.12 bits per heavy atom. The summed E-state index contributed by atoms with van der Waals surface area (Å²) in [6.07, 6.45) is 4.22. The van der Waals surface area contributed by atoms with Gasteiger partial charge < -0.3 is 16.3 Å². The molecule has 0 spiro atoms. The summed E-state index contributed by atoms with van der Waals surface area (Å²) in [7, 11) is 5.31. The number of nitrogens with one attached hydrogen (secondary N) is 2. The minimum Gasteiger partial charge on any atom is -0.397 e. The van der Waals surface area contributed by atoms with Crippen LogP contribution in [0.25, 0.3) is 0 Å². The molecule has 3 aliphatic rings. The zero-order chi connectivity index (χ0) is 32.0. The average molecular weight is 588 g/mol. The number of anilines is 1. The van der Waals surface area contributed by atoms with Crippen molar-refractivity contribution in [1.82, 2.24) is 20.6 Å². The molecule has 7 N–H and O–H groups in total. The van der Waals surface area contributed by atoms with Crippen LogP contribution in [0.15, 0.2) is 5.10 Å². The number of aromatic nitrogens is 2. The van der Waals surface area contributed by atoms with E-state index in [1.807, 2.05) is 13.1 Å². The van der Waals surface area contributed by atoms with Crippen LogP contribution in [0.5, 0.6) is 0 Å². The third-order valence-corrected chi connectivity index (χ3v) is 5.72. The van der Waals surface area contributed by atoms with Crippen LogP contribution in [0.2, 0.25) is 0 Å². The molecule has 0 amide bonds. The first-order chi connectivity index (χ1) is 19.3. The minimum absolute atomic E-state index is 0.0763. The molecule has 1 heterocycles. The number of rotatable bonds is 1. The monoisotopic (exact) mass is 587 g/mol. The highest BCUT2D eigenvalue weighted by Gasteiger charge is 2.33. The van der Waals surface area contributed by atoms with E-state index in [0.717, 1.165) is 56.5 Å². The number of nitrogens with zero attached hydrogens (tertiary/aromatic N) is 5. The first-order valence-electron chi connectivity index (χ1n) is 13.2. The third-order valence-electron chi connectivity index (χ3n) is 5.72. The van der Waals surface area contributed by atoms with Gasteiger partial charge in [-0.1, -0.05) is 0 Å². The molecule has 2 atom stereocenters. The number of carbonyl (C=O) groups excluding carboxylic acids is 2. The Morgan fingerprint density at radius 2 is 1.61 bits per heavy atom. The van der Waals surface area contributed by atoms with Crippen LogP contribution in [-0.4, -0.2) is 59.0 Å².